The van der Waals surface area contributed by atoms with Crippen LogP contribution in [0, 0.1) is 0 Å². The molecule has 0 radical (unpaired) electrons. The third-order valence-corrected chi connectivity index (χ3v) is 5.55. The highest BCUT2D eigenvalue weighted by molar-refractivity contribution is 7.13. The number of nitrogens with zero attached hydrogens (tertiary/aromatic N) is 6. The maximum absolute atomic E-state index is 5.68. The van der Waals surface area contributed by atoms with Crippen molar-refractivity contribution in [2.45, 2.75) is 18.9 Å². The van der Waals surface area contributed by atoms with E-state index >= 15 is 0 Å². The maximum Gasteiger partial charge on any atom is 0.231 e. The third kappa shape index (κ3) is 3.69. The van der Waals surface area contributed by atoms with Crippen LogP contribution in [0.2, 0.25) is 0 Å². The molecule has 4 aromatic rings. The summed E-state index contributed by atoms with van der Waals surface area (Å²) >= 11 is 1.50. The van der Waals surface area contributed by atoms with Gasteiger partial charge in [-0.15, -0.1) is 11.3 Å². The van der Waals surface area contributed by atoms with Gasteiger partial charge in [0.1, 0.15) is 11.5 Å². The van der Waals surface area contributed by atoms with Crippen LogP contribution in [0.5, 0.6) is 5.88 Å². The summed E-state index contributed by atoms with van der Waals surface area (Å²) in [5.74, 6) is 2.46. The first-order valence-electron chi connectivity index (χ1n) is 9.54. The van der Waals surface area contributed by atoms with E-state index in [0.29, 0.717) is 17.6 Å². The van der Waals surface area contributed by atoms with Crippen LogP contribution in [0.25, 0.3) is 11.4 Å². The fourth-order valence-corrected chi connectivity index (χ4v) is 4.02. The molecule has 30 heavy (non-hydrogen) atoms. The zero-order chi connectivity index (χ0) is 20.3. The Hall–Kier alpha value is -3.53. The molecule has 1 aliphatic rings. The topological polar surface area (TPSA) is 102 Å². The number of hydrogen-bond donors (Lipinski definition) is 1. The summed E-state index contributed by atoms with van der Waals surface area (Å²) in [5.41, 5.74) is 1.50. The lowest BCUT2D eigenvalue weighted by molar-refractivity contribution is 0.361. The van der Waals surface area contributed by atoms with Crippen LogP contribution >= 0.6 is 11.3 Å². The number of hydrogen-bond acceptors (Lipinski definition) is 10. The first kappa shape index (κ1) is 18.5. The Morgan fingerprint density at radius 1 is 1.17 bits per heavy atom. The van der Waals surface area contributed by atoms with Gasteiger partial charge in [-0.1, -0.05) is 11.2 Å². The van der Waals surface area contributed by atoms with E-state index in [1.54, 1.807) is 25.6 Å². The Morgan fingerprint density at radius 3 is 2.93 bits per heavy atom. The van der Waals surface area contributed by atoms with E-state index in [0.717, 1.165) is 41.7 Å². The van der Waals surface area contributed by atoms with Crippen molar-refractivity contribution in [2.24, 2.45) is 0 Å². The van der Waals surface area contributed by atoms with Gasteiger partial charge in [-0.3, -0.25) is 4.98 Å². The number of ether oxygens (including phenoxy) is 1. The van der Waals surface area contributed by atoms with Gasteiger partial charge in [-0.25, -0.2) is 4.98 Å². The molecule has 0 aliphatic carbocycles. The molecule has 4 aromatic heterocycles. The second-order valence-corrected chi connectivity index (χ2v) is 7.63. The van der Waals surface area contributed by atoms with Gasteiger partial charge in [0.05, 0.1) is 18.8 Å². The Bertz CT molecular complexity index is 1120. The Kier molecular flexibility index (Phi) is 4.98. The number of rotatable bonds is 6. The van der Waals surface area contributed by atoms with E-state index in [9.17, 15) is 0 Å². The SMILES string of the molecule is COc1cc(Nc2nccs2)nc(N2CCCC2c2cc(-c3ccccn3)no2)n1. The summed E-state index contributed by atoms with van der Waals surface area (Å²) in [6.45, 7) is 0.814. The lowest BCUT2D eigenvalue weighted by Gasteiger charge is -2.23. The predicted molar refractivity (Wildman–Crippen MR) is 113 cm³/mol. The molecule has 1 fully saturated rings. The maximum atomic E-state index is 5.68. The minimum Gasteiger partial charge on any atom is -0.481 e. The number of pyridine rings is 1. The molecule has 152 valence electrons. The minimum atomic E-state index is -0.00483. The molecular weight excluding hydrogens is 402 g/mol. The molecule has 0 spiro atoms. The molecule has 9 nitrogen and oxygen atoms in total. The van der Waals surface area contributed by atoms with Gasteiger partial charge in [0, 0.05) is 36.5 Å². The highest BCUT2D eigenvalue weighted by atomic mass is 32.1. The summed E-state index contributed by atoms with van der Waals surface area (Å²) < 4.78 is 11.1. The van der Waals surface area contributed by atoms with Gasteiger partial charge >= 0.3 is 0 Å². The molecule has 1 saturated heterocycles. The zero-order valence-corrected chi connectivity index (χ0v) is 17.0. The summed E-state index contributed by atoms with van der Waals surface area (Å²) in [7, 11) is 1.59. The molecular formula is C20H19N7O2S. The molecule has 1 aliphatic heterocycles. The molecule has 1 unspecified atom stereocenters. The van der Waals surface area contributed by atoms with E-state index in [-0.39, 0.29) is 6.04 Å². The molecule has 1 atom stereocenters. The van der Waals surface area contributed by atoms with Crippen molar-refractivity contribution < 1.29 is 9.26 Å². The zero-order valence-electron chi connectivity index (χ0n) is 16.2. The Balaban J connectivity index is 1.44. The van der Waals surface area contributed by atoms with Crippen molar-refractivity contribution in [3.63, 3.8) is 0 Å². The van der Waals surface area contributed by atoms with Crippen molar-refractivity contribution >= 4 is 28.2 Å². The van der Waals surface area contributed by atoms with Crippen LogP contribution in [0.1, 0.15) is 24.6 Å². The number of thiazole rings is 1. The number of nitrogens with one attached hydrogen (secondary N) is 1. The van der Waals surface area contributed by atoms with E-state index in [4.69, 9.17) is 14.2 Å². The molecule has 5 heterocycles. The highest BCUT2D eigenvalue weighted by Gasteiger charge is 2.32. The summed E-state index contributed by atoms with van der Waals surface area (Å²) in [4.78, 5) is 20.0. The van der Waals surface area contributed by atoms with E-state index in [2.05, 4.69) is 30.3 Å². The van der Waals surface area contributed by atoms with Crippen LogP contribution in [0.15, 0.2) is 52.6 Å². The highest BCUT2D eigenvalue weighted by Crippen LogP contribution is 2.37. The van der Waals surface area contributed by atoms with Gasteiger partial charge in [0.25, 0.3) is 0 Å². The molecule has 10 heteroatoms. The van der Waals surface area contributed by atoms with Crippen LogP contribution in [-0.2, 0) is 0 Å². The van der Waals surface area contributed by atoms with Crippen molar-refractivity contribution in [3.05, 3.63) is 53.9 Å². The van der Waals surface area contributed by atoms with E-state index in [1.165, 1.54) is 11.3 Å². The van der Waals surface area contributed by atoms with Crippen LogP contribution in [-0.4, -0.2) is 38.7 Å². The van der Waals surface area contributed by atoms with E-state index in [1.807, 2.05) is 29.6 Å². The lowest BCUT2D eigenvalue weighted by Crippen LogP contribution is -2.24. The van der Waals surface area contributed by atoms with Crippen molar-refractivity contribution in [1.29, 1.82) is 0 Å². The minimum absolute atomic E-state index is 0.00483. The normalized spacial score (nSPS) is 16.0. The fraction of sp³-hybridized carbons (Fsp3) is 0.250. The van der Waals surface area contributed by atoms with Gasteiger partial charge in [0.15, 0.2) is 10.9 Å². The first-order valence-corrected chi connectivity index (χ1v) is 10.4. The average Bonchev–Trinajstić information content (AvgIpc) is 3.55. The number of methoxy groups -OCH3 is 1. The smallest absolute Gasteiger partial charge is 0.231 e. The Labute approximate surface area is 176 Å². The van der Waals surface area contributed by atoms with Gasteiger partial charge < -0.3 is 19.5 Å². The van der Waals surface area contributed by atoms with Crippen molar-refractivity contribution in [2.75, 3.05) is 23.9 Å². The van der Waals surface area contributed by atoms with E-state index < -0.39 is 0 Å². The quantitative estimate of drug-likeness (QED) is 0.493. The molecule has 0 bridgehead atoms. The molecule has 0 saturated carbocycles. The molecule has 0 amide bonds. The fourth-order valence-electron chi connectivity index (χ4n) is 3.49. The van der Waals surface area contributed by atoms with Crippen LogP contribution < -0.4 is 15.0 Å². The van der Waals surface area contributed by atoms with Crippen molar-refractivity contribution in [1.82, 2.24) is 25.1 Å². The summed E-state index contributed by atoms with van der Waals surface area (Å²) in [6, 6.07) is 9.41. The second-order valence-electron chi connectivity index (χ2n) is 6.74. The third-order valence-electron chi connectivity index (χ3n) is 4.86. The first-order chi connectivity index (χ1) is 14.8. The summed E-state index contributed by atoms with van der Waals surface area (Å²) in [6.07, 6.45) is 5.41. The summed E-state index contributed by atoms with van der Waals surface area (Å²) in [5, 5.41) is 10.1. The van der Waals surface area contributed by atoms with Crippen LogP contribution in [0.4, 0.5) is 16.9 Å². The number of anilines is 3. The monoisotopic (exact) mass is 421 g/mol. The lowest BCUT2D eigenvalue weighted by atomic mass is 10.1. The standard InChI is InChI=1S/C20H19N7O2S/c1-28-18-12-17(24-20-22-8-10-30-20)23-19(25-18)27-9-4-6-15(27)16-11-14(26-29-16)13-5-2-3-7-21-13/h2-3,5,7-8,10-12,15H,4,6,9H2,1H3,(H,22,23,24,25). The Morgan fingerprint density at radius 2 is 2.13 bits per heavy atom. The van der Waals surface area contributed by atoms with Gasteiger partial charge in [-0.2, -0.15) is 9.97 Å². The average molecular weight is 421 g/mol. The van der Waals surface area contributed by atoms with Crippen LogP contribution in [0.3, 0.4) is 0 Å². The van der Waals surface area contributed by atoms with Crippen molar-refractivity contribution in [3.8, 4) is 17.3 Å². The molecule has 5 rings (SSSR count). The number of aromatic nitrogens is 5. The van der Waals surface area contributed by atoms with Gasteiger partial charge in [0.2, 0.25) is 11.8 Å². The molecule has 0 aromatic carbocycles. The van der Waals surface area contributed by atoms with Gasteiger partial charge in [-0.05, 0) is 25.0 Å². The predicted octanol–water partition coefficient (Wildman–Crippen LogP) is 4.08. The molecule has 1 N–H and O–H groups in total. The second kappa shape index (κ2) is 8.07. The largest absolute Gasteiger partial charge is 0.481 e.